The first-order chi connectivity index (χ1) is 11.1. The monoisotopic (exact) mass is 353 g/mol. The van der Waals surface area contributed by atoms with E-state index >= 15 is 0 Å². The van der Waals surface area contributed by atoms with E-state index in [0.717, 1.165) is 29.8 Å². The lowest BCUT2D eigenvalue weighted by Gasteiger charge is -2.25. The average molecular weight is 353 g/mol. The Morgan fingerprint density at radius 1 is 1.17 bits per heavy atom. The number of rotatable bonds is 5. The molecule has 2 aromatic rings. The number of hydrogen-bond acceptors (Lipinski definition) is 6. The molecule has 0 atom stereocenters. The van der Waals surface area contributed by atoms with Gasteiger partial charge in [0.1, 0.15) is 12.4 Å². The molecule has 1 aliphatic heterocycles. The molecule has 1 aromatic carbocycles. The highest BCUT2D eigenvalue weighted by Crippen LogP contribution is 2.23. The molecular weight excluding hydrogens is 334 g/mol. The third kappa shape index (κ3) is 3.70. The first kappa shape index (κ1) is 16.4. The van der Waals surface area contributed by atoms with E-state index in [1.165, 1.54) is 11.5 Å². The molecule has 0 radical (unpaired) electrons. The van der Waals surface area contributed by atoms with Crippen molar-refractivity contribution < 1.29 is 13.2 Å². The number of benzene rings is 1. The van der Waals surface area contributed by atoms with E-state index in [-0.39, 0.29) is 0 Å². The van der Waals surface area contributed by atoms with Gasteiger partial charge < -0.3 is 4.74 Å². The van der Waals surface area contributed by atoms with E-state index < -0.39 is 10.0 Å². The van der Waals surface area contributed by atoms with Crippen molar-refractivity contribution in [3.8, 4) is 5.75 Å². The fourth-order valence-electron chi connectivity index (χ4n) is 2.49. The molecule has 0 bridgehead atoms. The first-order valence-corrected chi connectivity index (χ1v) is 9.79. The molecule has 1 fully saturated rings. The van der Waals surface area contributed by atoms with Gasteiger partial charge in [0.15, 0.2) is 0 Å². The van der Waals surface area contributed by atoms with Crippen molar-refractivity contribution in [2.75, 3.05) is 13.1 Å². The number of nitrogens with zero attached hydrogens (tertiary/aromatic N) is 3. The fraction of sp³-hybridized carbons (Fsp3) is 0.467. The van der Waals surface area contributed by atoms with E-state index in [1.54, 1.807) is 28.6 Å². The maximum atomic E-state index is 12.6. The summed E-state index contributed by atoms with van der Waals surface area (Å²) in [6.07, 6.45) is 2.97. The van der Waals surface area contributed by atoms with Crippen LogP contribution in [0.1, 0.15) is 29.8 Å². The highest BCUT2D eigenvalue weighted by Gasteiger charge is 2.25. The quantitative estimate of drug-likeness (QED) is 0.826. The third-order valence-corrected chi connectivity index (χ3v) is 6.60. The van der Waals surface area contributed by atoms with Crippen LogP contribution in [-0.2, 0) is 16.6 Å². The van der Waals surface area contributed by atoms with Crippen LogP contribution in [0, 0.1) is 6.92 Å². The van der Waals surface area contributed by atoms with Crippen LogP contribution in [0.5, 0.6) is 5.75 Å². The van der Waals surface area contributed by atoms with Gasteiger partial charge in [-0.15, -0.1) is 5.10 Å². The maximum absolute atomic E-state index is 12.6. The Labute approximate surface area is 140 Å². The Kier molecular flexibility index (Phi) is 4.93. The maximum Gasteiger partial charge on any atom is 0.243 e. The summed E-state index contributed by atoms with van der Waals surface area (Å²) in [5.41, 5.74) is 0.860. The van der Waals surface area contributed by atoms with Gasteiger partial charge in [-0.25, -0.2) is 8.42 Å². The normalized spacial score (nSPS) is 16.4. The predicted octanol–water partition coefficient (Wildman–Crippen LogP) is 2.60. The summed E-state index contributed by atoms with van der Waals surface area (Å²) in [6.45, 7) is 3.49. The minimum Gasteiger partial charge on any atom is -0.488 e. The fourth-order valence-corrected chi connectivity index (χ4v) is 4.56. The van der Waals surface area contributed by atoms with Crippen LogP contribution in [0.15, 0.2) is 29.2 Å². The van der Waals surface area contributed by atoms with Gasteiger partial charge in [0.2, 0.25) is 10.0 Å². The molecule has 0 N–H and O–H groups in total. The van der Waals surface area contributed by atoms with Crippen LogP contribution in [0.3, 0.4) is 0 Å². The molecule has 0 amide bonds. The molecule has 124 valence electrons. The number of hydrogen-bond donors (Lipinski definition) is 0. The van der Waals surface area contributed by atoms with Crippen LogP contribution < -0.4 is 4.74 Å². The number of aryl methyl sites for hydroxylation is 1. The molecule has 8 heteroatoms. The zero-order valence-corrected chi connectivity index (χ0v) is 14.6. The van der Waals surface area contributed by atoms with E-state index in [2.05, 4.69) is 9.59 Å². The van der Waals surface area contributed by atoms with Crippen LogP contribution >= 0.6 is 11.5 Å². The molecule has 2 heterocycles. The Balaban J connectivity index is 1.68. The van der Waals surface area contributed by atoms with Crippen molar-refractivity contribution in [1.29, 1.82) is 0 Å². The molecule has 3 rings (SSSR count). The number of sulfonamides is 1. The van der Waals surface area contributed by atoms with Crippen LogP contribution in [0.2, 0.25) is 0 Å². The summed E-state index contributed by atoms with van der Waals surface area (Å²) < 4.78 is 36.2. The van der Waals surface area contributed by atoms with Crippen LogP contribution in [-0.4, -0.2) is 35.4 Å². The molecule has 1 aromatic heterocycles. The van der Waals surface area contributed by atoms with Gasteiger partial charge >= 0.3 is 0 Å². The summed E-state index contributed by atoms with van der Waals surface area (Å²) in [5, 5.41) is 3.93. The lowest BCUT2D eigenvalue weighted by molar-refractivity contribution is 0.308. The zero-order valence-electron chi connectivity index (χ0n) is 12.9. The first-order valence-electron chi connectivity index (χ1n) is 7.58. The lowest BCUT2D eigenvalue weighted by atomic mass is 10.2. The standard InChI is InChI=1S/C15H19N3O3S2/c1-12-15(22-17-16-12)11-21-13-5-7-14(8-6-13)23(19,20)18-9-3-2-4-10-18/h5-8H,2-4,9-11H2,1H3. The van der Waals surface area contributed by atoms with Crippen molar-refractivity contribution in [3.05, 3.63) is 34.8 Å². The smallest absolute Gasteiger partial charge is 0.243 e. The molecule has 0 saturated carbocycles. The number of ether oxygens (including phenoxy) is 1. The largest absolute Gasteiger partial charge is 0.488 e. The van der Waals surface area contributed by atoms with Crippen molar-refractivity contribution >= 4 is 21.6 Å². The molecule has 6 nitrogen and oxygen atoms in total. The lowest BCUT2D eigenvalue weighted by Crippen LogP contribution is -2.35. The Hall–Kier alpha value is -1.51. The van der Waals surface area contributed by atoms with Gasteiger partial charge in [0.05, 0.1) is 15.5 Å². The highest BCUT2D eigenvalue weighted by atomic mass is 32.2. The van der Waals surface area contributed by atoms with E-state index in [4.69, 9.17) is 4.74 Å². The summed E-state index contributed by atoms with van der Waals surface area (Å²) >= 11 is 1.31. The summed E-state index contributed by atoms with van der Waals surface area (Å²) in [5.74, 6) is 0.635. The summed E-state index contributed by atoms with van der Waals surface area (Å²) in [6, 6.07) is 6.61. The SMILES string of the molecule is Cc1nnsc1COc1ccc(S(=O)(=O)N2CCCCC2)cc1. The highest BCUT2D eigenvalue weighted by molar-refractivity contribution is 7.89. The topological polar surface area (TPSA) is 72.4 Å². The second kappa shape index (κ2) is 6.94. The second-order valence-corrected chi connectivity index (χ2v) is 8.28. The molecule has 23 heavy (non-hydrogen) atoms. The van der Waals surface area contributed by atoms with Crippen molar-refractivity contribution in [3.63, 3.8) is 0 Å². The van der Waals surface area contributed by atoms with E-state index in [9.17, 15) is 8.42 Å². The minimum absolute atomic E-state index is 0.322. The van der Waals surface area contributed by atoms with Gasteiger partial charge in [-0.3, -0.25) is 0 Å². The number of aromatic nitrogens is 2. The molecule has 0 aliphatic carbocycles. The molecular formula is C15H19N3O3S2. The Bertz CT molecular complexity index is 751. The van der Waals surface area contributed by atoms with Gasteiger partial charge in [0.25, 0.3) is 0 Å². The van der Waals surface area contributed by atoms with Gasteiger partial charge in [-0.1, -0.05) is 10.9 Å². The summed E-state index contributed by atoms with van der Waals surface area (Å²) in [4.78, 5) is 1.29. The van der Waals surface area contributed by atoms with Crippen LogP contribution in [0.25, 0.3) is 0 Å². The van der Waals surface area contributed by atoms with E-state index in [0.29, 0.717) is 30.3 Å². The average Bonchev–Trinajstić information content (AvgIpc) is 2.99. The third-order valence-electron chi connectivity index (χ3n) is 3.89. The minimum atomic E-state index is -3.38. The van der Waals surface area contributed by atoms with Gasteiger partial charge in [0, 0.05) is 13.1 Å². The molecule has 0 unspecified atom stereocenters. The predicted molar refractivity (Wildman–Crippen MR) is 88.0 cm³/mol. The second-order valence-electron chi connectivity index (χ2n) is 5.51. The number of piperidine rings is 1. The summed E-state index contributed by atoms with van der Waals surface area (Å²) in [7, 11) is -3.38. The van der Waals surface area contributed by atoms with E-state index in [1.807, 2.05) is 6.92 Å². The molecule has 1 saturated heterocycles. The Morgan fingerprint density at radius 3 is 2.48 bits per heavy atom. The van der Waals surface area contributed by atoms with Crippen molar-refractivity contribution in [1.82, 2.24) is 13.9 Å². The van der Waals surface area contributed by atoms with Crippen LogP contribution in [0.4, 0.5) is 0 Å². The Morgan fingerprint density at radius 2 is 1.87 bits per heavy atom. The zero-order chi connectivity index (χ0) is 16.3. The van der Waals surface area contributed by atoms with Gasteiger partial charge in [-0.05, 0) is 55.6 Å². The van der Waals surface area contributed by atoms with Crippen molar-refractivity contribution in [2.24, 2.45) is 0 Å². The van der Waals surface area contributed by atoms with Gasteiger partial charge in [-0.2, -0.15) is 4.31 Å². The van der Waals surface area contributed by atoms with Crippen molar-refractivity contribution in [2.45, 2.75) is 37.7 Å². The molecule has 1 aliphatic rings. The molecule has 0 spiro atoms.